The molecule has 2 bridgehead atoms. The van der Waals surface area contributed by atoms with Crippen molar-refractivity contribution in [1.82, 2.24) is 14.8 Å². The van der Waals surface area contributed by atoms with Crippen molar-refractivity contribution in [2.75, 3.05) is 5.32 Å². The molecule has 0 aromatic carbocycles. The first-order chi connectivity index (χ1) is 11.7. The fraction of sp³-hybridized carbons (Fsp3) is 0.500. The Hall–Kier alpha value is -2.21. The molecule has 24 heavy (non-hydrogen) atoms. The van der Waals surface area contributed by atoms with E-state index in [0.717, 1.165) is 24.3 Å². The highest BCUT2D eigenvalue weighted by molar-refractivity contribution is 5.92. The van der Waals surface area contributed by atoms with Crippen LogP contribution >= 0.6 is 0 Å². The van der Waals surface area contributed by atoms with E-state index < -0.39 is 0 Å². The van der Waals surface area contributed by atoms with Crippen molar-refractivity contribution in [2.24, 2.45) is 23.5 Å². The summed E-state index contributed by atoms with van der Waals surface area (Å²) in [5, 5.41) is 7.16. The number of carbonyl (C=O) groups is 1. The first-order valence-electron chi connectivity index (χ1n) is 8.73. The van der Waals surface area contributed by atoms with Crippen LogP contribution in [0.25, 0.3) is 5.82 Å². The molecule has 2 saturated carbocycles. The summed E-state index contributed by atoms with van der Waals surface area (Å²) in [6.45, 7) is 0. The molecule has 2 atom stereocenters. The van der Waals surface area contributed by atoms with Gasteiger partial charge in [-0.25, -0.2) is 9.67 Å². The Balaban J connectivity index is 1.41. The number of pyridine rings is 1. The van der Waals surface area contributed by atoms with Crippen LogP contribution in [0.15, 0.2) is 36.8 Å². The van der Waals surface area contributed by atoms with Crippen molar-refractivity contribution >= 4 is 11.6 Å². The molecule has 0 saturated heterocycles. The highest BCUT2D eigenvalue weighted by atomic mass is 16.1. The quantitative estimate of drug-likeness (QED) is 0.907. The van der Waals surface area contributed by atoms with Crippen LogP contribution < -0.4 is 11.1 Å². The minimum Gasteiger partial charge on any atom is -0.327 e. The number of carbonyl (C=O) groups excluding carboxylic acids is 1. The van der Waals surface area contributed by atoms with Crippen LogP contribution in [0, 0.1) is 17.8 Å². The second-order valence-corrected chi connectivity index (χ2v) is 7.04. The summed E-state index contributed by atoms with van der Waals surface area (Å²) in [5.41, 5.74) is 7.04. The Morgan fingerprint density at radius 1 is 1.25 bits per heavy atom. The van der Waals surface area contributed by atoms with Crippen molar-refractivity contribution in [1.29, 1.82) is 0 Å². The van der Waals surface area contributed by atoms with Crippen LogP contribution in [-0.4, -0.2) is 26.7 Å². The number of rotatable bonds is 3. The Labute approximate surface area is 141 Å². The zero-order chi connectivity index (χ0) is 16.5. The van der Waals surface area contributed by atoms with Gasteiger partial charge in [0.05, 0.1) is 11.9 Å². The van der Waals surface area contributed by atoms with Crippen LogP contribution in [-0.2, 0) is 4.79 Å². The summed E-state index contributed by atoms with van der Waals surface area (Å²) >= 11 is 0. The third kappa shape index (κ3) is 2.94. The second kappa shape index (κ2) is 6.36. The van der Waals surface area contributed by atoms with Gasteiger partial charge in [-0.3, -0.25) is 4.79 Å². The number of fused-ring (bicyclic) bond motifs is 2. The van der Waals surface area contributed by atoms with Crippen molar-refractivity contribution in [3.05, 3.63) is 36.8 Å². The summed E-state index contributed by atoms with van der Waals surface area (Å²) in [7, 11) is 0. The first-order valence-corrected chi connectivity index (χ1v) is 8.73. The zero-order valence-corrected chi connectivity index (χ0v) is 13.6. The third-order valence-electron chi connectivity index (χ3n) is 5.54. The third-order valence-corrected chi connectivity index (χ3v) is 5.54. The fourth-order valence-electron chi connectivity index (χ4n) is 4.25. The summed E-state index contributed by atoms with van der Waals surface area (Å²) < 4.78 is 1.69. The van der Waals surface area contributed by atoms with E-state index in [9.17, 15) is 4.79 Å². The Bertz CT molecular complexity index is 683. The van der Waals surface area contributed by atoms with Gasteiger partial charge in [-0.15, -0.1) is 0 Å². The number of nitrogens with zero attached hydrogens (tertiary/aromatic N) is 3. The highest BCUT2D eigenvalue weighted by Gasteiger charge is 2.40. The van der Waals surface area contributed by atoms with Gasteiger partial charge < -0.3 is 11.1 Å². The van der Waals surface area contributed by atoms with E-state index in [1.807, 2.05) is 24.4 Å². The van der Waals surface area contributed by atoms with Gasteiger partial charge in [0.25, 0.3) is 0 Å². The number of hydrogen-bond donors (Lipinski definition) is 2. The van der Waals surface area contributed by atoms with Gasteiger partial charge in [-0.1, -0.05) is 6.42 Å². The number of amides is 1. The summed E-state index contributed by atoms with van der Waals surface area (Å²) in [6.07, 6.45) is 10.7. The van der Waals surface area contributed by atoms with Crippen molar-refractivity contribution in [3.63, 3.8) is 0 Å². The van der Waals surface area contributed by atoms with Gasteiger partial charge in [0.1, 0.15) is 0 Å². The molecule has 0 aliphatic heterocycles. The normalized spacial score (nSPS) is 29.2. The van der Waals surface area contributed by atoms with Crippen LogP contribution in [0.2, 0.25) is 0 Å². The lowest BCUT2D eigenvalue weighted by molar-refractivity contribution is -0.122. The predicted octanol–water partition coefficient (Wildman–Crippen LogP) is 2.36. The average molecular weight is 325 g/mol. The SMILES string of the molecule is NC1C2CCCC1CC(C(=O)Nc1ccc(-n3cccn3)nc1)C2. The molecule has 4 rings (SSSR count). The van der Waals surface area contributed by atoms with Gasteiger partial charge >= 0.3 is 0 Å². The number of nitrogens with two attached hydrogens (primary N) is 1. The average Bonchev–Trinajstić information content (AvgIpc) is 3.09. The smallest absolute Gasteiger partial charge is 0.227 e. The zero-order valence-electron chi connectivity index (χ0n) is 13.6. The first kappa shape index (κ1) is 15.3. The standard InChI is InChI=1S/C18H23N5O/c19-17-12-3-1-4-13(17)10-14(9-12)18(24)22-15-5-6-16(20-11-15)23-8-2-7-21-23/h2,5-8,11-14,17H,1,3-4,9-10,19H2,(H,22,24). The Morgan fingerprint density at radius 3 is 2.67 bits per heavy atom. The fourth-order valence-corrected chi connectivity index (χ4v) is 4.25. The molecule has 6 nitrogen and oxygen atoms in total. The lowest BCUT2D eigenvalue weighted by Gasteiger charge is -2.43. The van der Waals surface area contributed by atoms with E-state index in [2.05, 4.69) is 15.4 Å². The molecule has 2 aromatic rings. The largest absolute Gasteiger partial charge is 0.327 e. The predicted molar refractivity (Wildman–Crippen MR) is 91.5 cm³/mol. The Kier molecular flexibility index (Phi) is 4.06. The van der Waals surface area contributed by atoms with E-state index in [1.54, 1.807) is 17.1 Å². The molecule has 1 amide bonds. The molecular weight excluding hydrogens is 302 g/mol. The molecule has 2 aromatic heterocycles. The summed E-state index contributed by atoms with van der Waals surface area (Å²) in [4.78, 5) is 17.0. The van der Waals surface area contributed by atoms with Gasteiger partial charge in [-0.05, 0) is 55.7 Å². The van der Waals surface area contributed by atoms with E-state index >= 15 is 0 Å². The lowest BCUT2D eigenvalue weighted by atomic mass is 9.65. The van der Waals surface area contributed by atoms with Crippen molar-refractivity contribution in [2.45, 2.75) is 38.1 Å². The van der Waals surface area contributed by atoms with Crippen LogP contribution in [0.1, 0.15) is 32.1 Å². The van der Waals surface area contributed by atoms with E-state index in [4.69, 9.17) is 5.73 Å². The molecule has 6 heteroatoms. The summed E-state index contributed by atoms with van der Waals surface area (Å²) in [6, 6.07) is 5.87. The number of anilines is 1. The van der Waals surface area contributed by atoms with Crippen LogP contribution in [0.3, 0.4) is 0 Å². The molecule has 0 spiro atoms. The van der Waals surface area contributed by atoms with Gasteiger partial charge in [0, 0.05) is 24.4 Å². The maximum atomic E-state index is 12.6. The number of aromatic nitrogens is 3. The van der Waals surface area contributed by atoms with Crippen LogP contribution in [0.4, 0.5) is 5.69 Å². The van der Waals surface area contributed by atoms with E-state index in [-0.39, 0.29) is 17.9 Å². The minimum atomic E-state index is 0.0749. The van der Waals surface area contributed by atoms with Crippen LogP contribution in [0.5, 0.6) is 0 Å². The molecule has 2 aliphatic carbocycles. The molecule has 2 aliphatic rings. The second-order valence-electron chi connectivity index (χ2n) is 7.04. The Morgan fingerprint density at radius 2 is 2.04 bits per heavy atom. The monoisotopic (exact) mass is 325 g/mol. The topological polar surface area (TPSA) is 85.8 Å². The van der Waals surface area contributed by atoms with Crippen molar-refractivity contribution in [3.8, 4) is 5.82 Å². The highest BCUT2D eigenvalue weighted by Crippen LogP contribution is 2.42. The van der Waals surface area contributed by atoms with Gasteiger partial charge in [0.2, 0.25) is 5.91 Å². The molecule has 3 N–H and O–H groups in total. The van der Waals surface area contributed by atoms with Crippen molar-refractivity contribution < 1.29 is 4.79 Å². The number of nitrogens with one attached hydrogen (secondary N) is 1. The molecule has 0 radical (unpaired) electrons. The van der Waals surface area contributed by atoms with Gasteiger partial charge in [-0.2, -0.15) is 5.10 Å². The molecule has 126 valence electrons. The molecule has 2 unspecified atom stereocenters. The van der Waals surface area contributed by atoms with Gasteiger partial charge in [0.15, 0.2) is 5.82 Å². The molecule has 2 fully saturated rings. The minimum absolute atomic E-state index is 0.0749. The maximum absolute atomic E-state index is 12.6. The maximum Gasteiger partial charge on any atom is 0.227 e. The number of hydrogen-bond acceptors (Lipinski definition) is 4. The lowest BCUT2D eigenvalue weighted by Crippen LogP contribution is -2.48. The molecular formula is C18H23N5O. The van der Waals surface area contributed by atoms with E-state index in [0.29, 0.717) is 11.8 Å². The molecule has 2 heterocycles. The summed E-state index contributed by atoms with van der Waals surface area (Å²) in [5.74, 6) is 1.93. The van der Waals surface area contributed by atoms with E-state index in [1.165, 1.54) is 19.3 Å².